The molecule has 3 heterocycles. The molecule has 0 saturated carbocycles. The Balaban J connectivity index is 1.36. The van der Waals surface area contributed by atoms with E-state index in [0.29, 0.717) is 18.7 Å². The zero-order chi connectivity index (χ0) is 23.5. The van der Waals surface area contributed by atoms with Crippen LogP contribution in [0.3, 0.4) is 0 Å². The molecule has 0 aliphatic carbocycles. The van der Waals surface area contributed by atoms with Crippen LogP contribution in [0.5, 0.6) is 0 Å². The molecule has 4 atom stereocenters. The number of hydrogen-bond donors (Lipinski definition) is 5. The second-order valence-electron chi connectivity index (χ2n) is 8.14. The van der Waals surface area contributed by atoms with Gasteiger partial charge in [0.1, 0.15) is 0 Å². The summed E-state index contributed by atoms with van der Waals surface area (Å²) in [5.41, 5.74) is 5.61. The van der Waals surface area contributed by atoms with Crippen LogP contribution in [-0.2, 0) is 9.59 Å². The van der Waals surface area contributed by atoms with E-state index in [2.05, 4.69) is 36.9 Å². The fourth-order valence-electron chi connectivity index (χ4n) is 4.13. The van der Waals surface area contributed by atoms with E-state index < -0.39 is 30.1 Å². The molecule has 0 unspecified atom stereocenters. The number of aromatic amines is 1. The molecule has 0 spiro atoms. The Hall–Kier alpha value is -2.73. The highest BCUT2D eigenvalue weighted by Crippen LogP contribution is 2.35. The first-order valence-electron chi connectivity index (χ1n) is 10.8. The minimum Gasteiger partial charge on any atom is -0.380 e. The van der Waals surface area contributed by atoms with E-state index in [1.165, 1.54) is 4.90 Å². The third-order valence-corrected chi connectivity index (χ3v) is 6.59. The number of hydrazine groups is 1. The quantitative estimate of drug-likeness (QED) is 0.372. The van der Waals surface area contributed by atoms with Crippen molar-refractivity contribution in [2.45, 2.75) is 44.1 Å². The summed E-state index contributed by atoms with van der Waals surface area (Å²) in [6, 6.07) is 6.81. The summed E-state index contributed by atoms with van der Waals surface area (Å²) in [5, 5.41) is 32.4. The van der Waals surface area contributed by atoms with Gasteiger partial charge < -0.3 is 20.4 Å². The van der Waals surface area contributed by atoms with Crippen molar-refractivity contribution in [3.63, 3.8) is 0 Å². The second-order valence-corrected chi connectivity index (χ2v) is 8.99. The number of nitrogens with zero attached hydrogens (tertiary/aromatic N) is 3. The summed E-state index contributed by atoms with van der Waals surface area (Å²) in [4.78, 5) is 26.9. The number of hydrogen-bond acceptors (Lipinski definition) is 7. The molecule has 10 nitrogen and oxygen atoms in total. The number of aliphatic hydroxyl groups excluding tert-OH is 2. The number of amides is 2. The molecule has 1 saturated heterocycles. The highest BCUT2D eigenvalue weighted by Gasteiger charge is 2.40. The van der Waals surface area contributed by atoms with Crippen molar-refractivity contribution < 1.29 is 19.8 Å². The minimum absolute atomic E-state index is 0.333. The second kappa shape index (κ2) is 10.0. The monoisotopic (exact) mass is 518 g/mol. The highest BCUT2D eigenvalue weighted by molar-refractivity contribution is 9.10. The summed E-state index contributed by atoms with van der Waals surface area (Å²) < 4.78 is 0.733. The molecule has 1 aromatic carbocycles. The van der Waals surface area contributed by atoms with Gasteiger partial charge in [-0.25, -0.2) is 5.43 Å². The first-order chi connectivity index (χ1) is 15.9. The van der Waals surface area contributed by atoms with Gasteiger partial charge in [0, 0.05) is 25.5 Å². The third kappa shape index (κ3) is 4.96. The Kier molecular flexibility index (Phi) is 7.13. The van der Waals surface area contributed by atoms with Crippen LogP contribution in [0.2, 0.25) is 0 Å². The number of anilines is 1. The van der Waals surface area contributed by atoms with Crippen LogP contribution in [0.15, 0.2) is 47.2 Å². The van der Waals surface area contributed by atoms with Gasteiger partial charge in [0.05, 0.1) is 27.9 Å². The average Bonchev–Trinajstić information content (AvgIpc) is 3.59. The molecule has 5 N–H and O–H groups in total. The van der Waals surface area contributed by atoms with Crippen LogP contribution in [0.25, 0.3) is 0 Å². The lowest BCUT2D eigenvalue weighted by molar-refractivity contribution is -0.154. The zero-order valence-electron chi connectivity index (χ0n) is 18.1. The molecule has 2 amide bonds. The van der Waals surface area contributed by atoms with Gasteiger partial charge in [0.25, 0.3) is 11.8 Å². The number of carbonyl (C=O) groups is 2. The first-order valence-corrected chi connectivity index (χ1v) is 11.6. The fraction of sp³-hybridized carbons (Fsp3) is 0.409. The largest absolute Gasteiger partial charge is 0.380 e. The van der Waals surface area contributed by atoms with Crippen molar-refractivity contribution in [2.75, 3.05) is 18.1 Å². The smallest absolute Gasteiger partial charge is 0.255 e. The predicted octanol–water partition coefficient (Wildman–Crippen LogP) is 1.27. The van der Waals surface area contributed by atoms with Gasteiger partial charge in [0.2, 0.25) is 0 Å². The Morgan fingerprint density at radius 1 is 1.24 bits per heavy atom. The lowest BCUT2D eigenvalue weighted by Gasteiger charge is -2.28. The van der Waals surface area contributed by atoms with Crippen LogP contribution in [0, 0.1) is 0 Å². The maximum Gasteiger partial charge on any atom is 0.255 e. The SMILES string of the molecule is C[C@@H](NC(=O)[C@H](O)[C@@H](O)C(=O)N1CCC[C@@H]1c1n[nH]cc1Br)c1ccc(N2C=CCN2)cc1. The Morgan fingerprint density at radius 2 is 2.00 bits per heavy atom. The Bertz CT molecular complexity index is 1030. The normalized spacial score (nSPS) is 20.7. The number of aromatic nitrogens is 2. The number of halogens is 1. The van der Waals surface area contributed by atoms with Gasteiger partial charge in [-0.15, -0.1) is 0 Å². The molecule has 4 rings (SSSR count). The van der Waals surface area contributed by atoms with Crippen molar-refractivity contribution >= 4 is 33.4 Å². The molecule has 1 fully saturated rings. The molecule has 0 radical (unpaired) electrons. The van der Waals surface area contributed by atoms with Crippen LogP contribution in [-0.4, -0.2) is 62.4 Å². The minimum atomic E-state index is -1.89. The van der Waals surface area contributed by atoms with Crippen LogP contribution in [0.1, 0.15) is 43.1 Å². The topological polar surface area (TPSA) is 134 Å². The molecule has 1 aromatic heterocycles. The fourth-order valence-corrected chi connectivity index (χ4v) is 4.58. The lowest BCUT2D eigenvalue weighted by atomic mass is 10.1. The Labute approximate surface area is 199 Å². The van der Waals surface area contributed by atoms with E-state index in [9.17, 15) is 19.8 Å². The van der Waals surface area contributed by atoms with Gasteiger partial charge in [-0.1, -0.05) is 18.2 Å². The summed E-state index contributed by atoms with van der Waals surface area (Å²) in [6.45, 7) is 2.95. The summed E-state index contributed by atoms with van der Waals surface area (Å²) in [6.07, 6.45) is 3.27. The molecular formula is C22H27BrN6O4. The molecule has 2 aliphatic rings. The molecule has 2 aliphatic heterocycles. The highest BCUT2D eigenvalue weighted by atomic mass is 79.9. The van der Waals surface area contributed by atoms with Gasteiger partial charge >= 0.3 is 0 Å². The summed E-state index contributed by atoms with van der Waals surface area (Å²) in [5.74, 6) is -1.51. The van der Waals surface area contributed by atoms with E-state index in [1.54, 1.807) is 13.1 Å². The molecule has 33 heavy (non-hydrogen) atoms. The molecule has 2 aromatic rings. The maximum atomic E-state index is 12.9. The molecule has 0 bridgehead atoms. The van der Waals surface area contributed by atoms with Gasteiger partial charge in [-0.2, -0.15) is 5.10 Å². The van der Waals surface area contributed by atoms with Crippen molar-refractivity contribution in [2.24, 2.45) is 0 Å². The maximum absolute atomic E-state index is 12.9. The number of carbonyl (C=O) groups excluding carboxylic acids is 2. The number of aliphatic hydroxyl groups is 2. The van der Waals surface area contributed by atoms with Crippen molar-refractivity contribution in [1.29, 1.82) is 0 Å². The van der Waals surface area contributed by atoms with E-state index in [-0.39, 0.29) is 6.04 Å². The molecular weight excluding hydrogens is 492 g/mol. The standard InChI is InChI=1S/C22H27BrN6O4/c1-13(14-5-7-15(8-6-14)29-11-3-9-25-29)26-21(32)19(30)20(31)22(33)28-10-2-4-17(28)18-16(23)12-24-27-18/h3,5-8,11-13,17,19-20,25,30-31H,2,4,9-10H2,1H3,(H,24,27)(H,26,32)/t13-,17-,19-,20-/m1/s1. The number of nitrogens with one attached hydrogen (secondary N) is 3. The van der Waals surface area contributed by atoms with Gasteiger partial charge in [-0.05, 0) is 53.4 Å². The van der Waals surface area contributed by atoms with Crippen molar-refractivity contribution in [3.05, 3.63) is 58.5 Å². The summed E-state index contributed by atoms with van der Waals surface area (Å²) >= 11 is 3.40. The van der Waals surface area contributed by atoms with Crippen LogP contribution in [0.4, 0.5) is 5.69 Å². The predicted molar refractivity (Wildman–Crippen MR) is 125 cm³/mol. The Morgan fingerprint density at radius 3 is 2.64 bits per heavy atom. The van der Waals surface area contributed by atoms with Crippen LogP contribution < -0.4 is 15.8 Å². The van der Waals surface area contributed by atoms with E-state index in [1.807, 2.05) is 41.6 Å². The van der Waals surface area contributed by atoms with Crippen LogP contribution >= 0.6 is 15.9 Å². The van der Waals surface area contributed by atoms with E-state index >= 15 is 0 Å². The zero-order valence-corrected chi connectivity index (χ0v) is 19.7. The average molecular weight is 519 g/mol. The lowest BCUT2D eigenvalue weighted by Crippen LogP contribution is -2.51. The van der Waals surface area contributed by atoms with E-state index in [4.69, 9.17) is 0 Å². The van der Waals surface area contributed by atoms with Crippen molar-refractivity contribution in [3.8, 4) is 0 Å². The first kappa shape index (κ1) is 23.4. The molecule has 176 valence electrons. The van der Waals surface area contributed by atoms with Gasteiger partial charge in [-0.3, -0.25) is 19.7 Å². The number of rotatable bonds is 7. The van der Waals surface area contributed by atoms with Gasteiger partial charge in [0.15, 0.2) is 12.2 Å². The number of likely N-dealkylation sites (tertiary alicyclic amines) is 1. The van der Waals surface area contributed by atoms with Crippen molar-refractivity contribution in [1.82, 2.24) is 25.8 Å². The number of benzene rings is 1. The third-order valence-electron chi connectivity index (χ3n) is 5.96. The van der Waals surface area contributed by atoms with E-state index in [0.717, 1.165) is 28.7 Å². The number of H-pyrrole nitrogens is 1. The summed E-state index contributed by atoms with van der Waals surface area (Å²) in [7, 11) is 0. The molecule has 11 heteroatoms.